The summed E-state index contributed by atoms with van der Waals surface area (Å²) in [6.45, 7) is -0.453. The summed E-state index contributed by atoms with van der Waals surface area (Å²) in [5.41, 5.74) is 6.67. The van der Waals surface area contributed by atoms with Crippen LogP contribution in [0.2, 0.25) is 0 Å². The number of nitrogen functional groups attached to an aromatic ring is 1. The molecule has 0 unspecified atom stereocenters. The number of rotatable bonds is 2. The average molecular weight is 426 g/mol. The first kappa shape index (κ1) is 20.8. The van der Waals surface area contributed by atoms with Crippen molar-refractivity contribution in [1.29, 1.82) is 0 Å². The van der Waals surface area contributed by atoms with Gasteiger partial charge in [0.25, 0.3) is 0 Å². The lowest BCUT2D eigenvalue weighted by Gasteiger charge is -2.20. The van der Waals surface area contributed by atoms with E-state index < -0.39 is 36.8 Å². The van der Waals surface area contributed by atoms with E-state index in [-0.39, 0.29) is 5.82 Å². The third-order valence-corrected chi connectivity index (χ3v) is 4.91. The molecule has 3 heterocycles. The second kappa shape index (κ2) is 8.74. The van der Waals surface area contributed by atoms with Crippen LogP contribution in [0.25, 0.3) is 0 Å². The molecule has 0 saturated carbocycles. The molecule has 4 atom stereocenters. The molecule has 6 N–H and O–H groups in total. The predicted molar refractivity (Wildman–Crippen MR) is 112 cm³/mol. The Balaban J connectivity index is 0.000000151. The maximum Gasteiger partial charge on any atom is 0.351 e. The second-order valence-corrected chi connectivity index (χ2v) is 6.99. The third kappa shape index (κ3) is 4.23. The molecule has 0 radical (unpaired) electrons. The van der Waals surface area contributed by atoms with Gasteiger partial charge in [0.2, 0.25) is 0 Å². The number of benzene rings is 2. The van der Waals surface area contributed by atoms with E-state index in [0.717, 1.165) is 27.4 Å². The van der Waals surface area contributed by atoms with E-state index in [0.29, 0.717) is 0 Å². The van der Waals surface area contributed by atoms with Crippen LogP contribution in [0.1, 0.15) is 6.23 Å². The number of nitrogens with zero attached hydrogens (tertiary/aromatic N) is 2. The Hall–Kier alpha value is -3.44. The Labute approximate surface area is 177 Å². The van der Waals surface area contributed by atoms with Gasteiger partial charge in [-0.2, -0.15) is 4.98 Å². The summed E-state index contributed by atoms with van der Waals surface area (Å²) in [4.78, 5) is 15.0. The minimum Gasteiger partial charge on any atom is -0.453 e. The van der Waals surface area contributed by atoms with Gasteiger partial charge < -0.3 is 35.8 Å². The van der Waals surface area contributed by atoms with E-state index in [1.54, 1.807) is 0 Å². The van der Waals surface area contributed by atoms with E-state index in [1.165, 1.54) is 12.3 Å². The summed E-state index contributed by atoms with van der Waals surface area (Å²) in [5, 5.41) is 31.5. The molecule has 1 saturated heterocycles. The molecule has 5 rings (SSSR count). The van der Waals surface area contributed by atoms with Gasteiger partial charge in [-0.3, -0.25) is 4.57 Å². The monoisotopic (exact) mass is 426 g/mol. The summed E-state index contributed by atoms with van der Waals surface area (Å²) in [6, 6.07) is 17.2. The fourth-order valence-corrected chi connectivity index (χ4v) is 3.31. The molecule has 3 aromatic rings. The van der Waals surface area contributed by atoms with Crippen LogP contribution in [-0.4, -0.2) is 49.8 Å². The smallest absolute Gasteiger partial charge is 0.351 e. The van der Waals surface area contributed by atoms with Crippen LogP contribution in [0.4, 0.5) is 17.2 Å². The largest absolute Gasteiger partial charge is 0.453 e. The normalized spacial score (nSPS) is 23.5. The fourth-order valence-electron chi connectivity index (χ4n) is 3.31. The van der Waals surface area contributed by atoms with E-state index in [4.69, 9.17) is 20.3 Å². The molecule has 2 aromatic carbocycles. The van der Waals surface area contributed by atoms with Crippen molar-refractivity contribution in [2.45, 2.75) is 24.5 Å². The number of hydrogen-bond acceptors (Lipinski definition) is 9. The quantitative estimate of drug-likeness (QED) is 0.316. The number of anilines is 3. The van der Waals surface area contributed by atoms with Crippen molar-refractivity contribution in [3.63, 3.8) is 0 Å². The predicted octanol–water partition coefficient (Wildman–Crippen LogP) is 0.973. The molecular weight excluding hydrogens is 404 g/mol. The van der Waals surface area contributed by atoms with Gasteiger partial charge in [0.15, 0.2) is 17.7 Å². The molecule has 0 spiro atoms. The standard InChI is InChI=1S/C12H9NO.C9H13N3O5/c1-3-7-11-9(5-1)13-10-6-2-4-8-12(10)14-11;10-5-1-2-12(9(16)11-5)8-7(15)6(14)4(3-13)17-8/h1-8,13H;1-2,4,6-8,13-15H,3H2,(H2,10,11,16)/t;4-,6-,7-,8-/m.1/s1. The lowest BCUT2D eigenvalue weighted by atomic mass is 10.1. The molecule has 0 aliphatic carbocycles. The molecule has 31 heavy (non-hydrogen) atoms. The number of nitrogens with two attached hydrogens (primary N) is 1. The van der Waals surface area contributed by atoms with Crippen LogP contribution in [0.5, 0.6) is 11.5 Å². The second-order valence-electron chi connectivity index (χ2n) is 6.99. The van der Waals surface area contributed by atoms with Gasteiger partial charge in [0.05, 0.1) is 18.0 Å². The average Bonchev–Trinajstić information content (AvgIpc) is 3.06. The Bertz CT molecular complexity index is 1030. The number of ether oxygens (including phenoxy) is 2. The Morgan fingerprint density at radius 1 is 1.00 bits per heavy atom. The van der Waals surface area contributed by atoms with Crippen molar-refractivity contribution in [2.24, 2.45) is 0 Å². The van der Waals surface area contributed by atoms with Crippen molar-refractivity contribution >= 4 is 17.2 Å². The summed E-state index contributed by atoms with van der Waals surface area (Å²) in [5.74, 6) is 1.82. The molecule has 162 valence electrons. The Morgan fingerprint density at radius 2 is 1.61 bits per heavy atom. The van der Waals surface area contributed by atoms with Gasteiger partial charge in [-0.25, -0.2) is 4.79 Å². The number of para-hydroxylation sites is 4. The maximum atomic E-state index is 11.5. The van der Waals surface area contributed by atoms with E-state index >= 15 is 0 Å². The highest BCUT2D eigenvalue weighted by atomic mass is 16.6. The van der Waals surface area contributed by atoms with Gasteiger partial charge in [-0.15, -0.1) is 0 Å². The molecule has 10 nitrogen and oxygen atoms in total. The van der Waals surface area contributed by atoms with Gasteiger partial charge in [0.1, 0.15) is 24.1 Å². The highest BCUT2D eigenvalue weighted by Crippen LogP contribution is 2.41. The SMILES string of the molecule is Nc1ccn([C@@H]2O[C@H](CO)[C@@H](O)[C@H]2O)c(=O)n1.c1ccc2c(c1)Nc1ccccc1O2. The zero-order chi connectivity index (χ0) is 22.0. The number of fused-ring (bicyclic) bond motifs is 2. The zero-order valence-corrected chi connectivity index (χ0v) is 16.3. The van der Waals surface area contributed by atoms with Crippen molar-refractivity contribution < 1.29 is 24.8 Å². The minimum absolute atomic E-state index is 0.0537. The lowest BCUT2D eigenvalue weighted by Crippen LogP contribution is -2.36. The molecule has 1 aromatic heterocycles. The molecule has 10 heteroatoms. The van der Waals surface area contributed by atoms with Crippen LogP contribution in [0, 0.1) is 0 Å². The third-order valence-electron chi connectivity index (χ3n) is 4.91. The first-order valence-electron chi connectivity index (χ1n) is 9.58. The van der Waals surface area contributed by atoms with Crippen LogP contribution < -0.4 is 21.5 Å². The molecule has 2 aliphatic rings. The number of nitrogens with one attached hydrogen (secondary N) is 1. The first-order valence-corrected chi connectivity index (χ1v) is 9.58. The Morgan fingerprint density at radius 3 is 2.16 bits per heavy atom. The highest BCUT2D eigenvalue weighted by Gasteiger charge is 2.43. The minimum atomic E-state index is -1.31. The fraction of sp³-hybridized carbons (Fsp3) is 0.238. The number of aliphatic hydroxyl groups is 3. The van der Waals surface area contributed by atoms with Crippen LogP contribution in [0.15, 0.2) is 65.6 Å². The van der Waals surface area contributed by atoms with Gasteiger partial charge in [-0.05, 0) is 30.3 Å². The zero-order valence-electron chi connectivity index (χ0n) is 16.3. The van der Waals surface area contributed by atoms with E-state index in [1.807, 2.05) is 48.5 Å². The van der Waals surface area contributed by atoms with Gasteiger partial charge >= 0.3 is 5.69 Å². The molecular formula is C21H22N4O6. The summed E-state index contributed by atoms with van der Waals surface area (Å²) >= 11 is 0. The Kier molecular flexibility index (Phi) is 5.87. The number of hydrogen-bond donors (Lipinski definition) is 5. The van der Waals surface area contributed by atoms with Crippen molar-refractivity contribution in [2.75, 3.05) is 17.7 Å². The maximum absolute atomic E-state index is 11.5. The van der Waals surface area contributed by atoms with Crippen molar-refractivity contribution in [1.82, 2.24) is 9.55 Å². The highest BCUT2D eigenvalue weighted by molar-refractivity contribution is 5.75. The van der Waals surface area contributed by atoms with Crippen LogP contribution in [0.3, 0.4) is 0 Å². The van der Waals surface area contributed by atoms with Crippen molar-refractivity contribution in [3.05, 3.63) is 71.3 Å². The summed E-state index contributed by atoms with van der Waals surface area (Å²) < 4.78 is 11.9. The molecule has 0 bridgehead atoms. The molecule has 0 amide bonds. The van der Waals surface area contributed by atoms with Crippen LogP contribution >= 0.6 is 0 Å². The number of aliphatic hydroxyl groups excluding tert-OH is 3. The topological polar surface area (TPSA) is 152 Å². The first-order chi connectivity index (χ1) is 15.0. The molecule has 1 fully saturated rings. The summed E-state index contributed by atoms with van der Waals surface area (Å²) in [6.07, 6.45) is -3.27. The van der Waals surface area contributed by atoms with Crippen molar-refractivity contribution in [3.8, 4) is 11.5 Å². The summed E-state index contributed by atoms with van der Waals surface area (Å²) in [7, 11) is 0. The molecule has 2 aliphatic heterocycles. The lowest BCUT2D eigenvalue weighted by molar-refractivity contribution is -0.0549. The van der Waals surface area contributed by atoms with Crippen LogP contribution in [-0.2, 0) is 4.74 Å². The van der Waals surface area contributed by atoms with E-state index in [9.17, 15) is 15.0 Å². The van der Waals surface area contributed by atoms with Gasteiger partial charge in [-0.1, -0.05) is 24.3 Å². The van der Waals surface area contributed by atoms with Gasteiger partial charge in [0, 0.05) is 6.20 Å². The van der Waals surface area contributed by atoms with E-state index in [2.05, 4.69) is 10.3 Å². The number of aromatic nitrogens is 2.